The molecule has 0 saturated heterocycles. The van der Waals surface area contributed by atoms with Crippen molar-refractivity contribution < 1.29 is 19.2 Å². The molecular formula is C23H32N4O4+. The summed E-state index contributed by atoms with van der Waals surface area (Å²) in [6.45, 7) is 8.74. The van der Waals surface area contributed by atoms with Crippen LogP contribution in [0.4, 0.5) is 10.5 Å². The van der Waals surface area contributed by atoms with Crippen molar-refractivity contribution in [1.29, 1.82) is 0 Å². The fourth-order valence-electron chi connectivity index (χ4n) is 2.70. The lowest BCUT2D eigenvalue weighted by atomic mass is 10.1. The van der Waals surface area contributed by atoms with Crippen LogP contribution in [0.5, 0.6) is 0 Å². The van der Waals surface area contributed by atoms with Crippen LogP contribution in [0.15, 0.2) is 53.9 Å². The number of ether oxygens (including phenoxy) is 1. The van der Waals surface area contributed by atoms with E-state index in [2.05, 4.69) is 22.7 Å². The molecule has 1 aromatic carbocycles. The van der Waals surface area contributed by atoms with E-state index in [9.17, 15) is 9.59 Å². The zero-order chi connectivity index (χ0) is 22.7. The van der Waals surface area contributed by atoms with Gasteiger partial charge in [-0.15, -0.1) is 0 Å². The number of allylic oxidation sites excluding steroid dienone is 1. The minimum absolute atomic E-state index is 0.371. The first kappa shape index (κ1) is 24.0. The van der Waals surface area contributed by atoms with Gasteiger partial charge in [-0.2, -0.15) is 0 Å². The van der Waals surface area contributed by atoms with Crippen LogP contribution in [0.2, 0.25) is 0 Å². The highest BCUT2D eigenvalue weighted by Gasteiger charge is 2.20. The molecule has 0 aliphatic carbocycles. The fraction of sp³-hybridized carbons (Fsp3) is 0.435. The van der Waals surface area contributed by atoms with Gasteiger partial charge in [0.1, 0.15) is 11.8 Å². The second kappa shape index (κ2) is 11.8. The van der Waals surface area contributed by atoms with Crippen molar-refractivity contribution in [3.8, 4) is 0 Å². The van der Waals surface area contributed by atoms with E-state index in [1.165, 1.54) is 0 Å². The van der Waals surface area contributed by atoms with Gasteiger partial charge in [0.15, 0.2) is 0 Å². The first-order valence-corrected chi connectivity index (χ1v) is 10.5. The molecule has 0 fully saturated rings. The molecule has 2 rings (SSSR count). The van der Waals surface area contributed by atoms with Gasteiger partial charge < -0.3 is 14.9 Å². The van der Waals surface area contributed by atoms with Crippen LogP contribution >= 0.6 is 0 Å². The maximum absolute atomic E-state index is 12.7. The molecule has 1 aromatic rings. The smallest absolute Gasteiger partial charge is 0.407 e. The summed E-state index contributed by atoms with van der Waals surface area (Å²) < 4.78 is 5.22. The summed E-state index contributed by atoms with van der Waals surface area (Å²) in [4.78, 5) is 36.0. The number of anilines is 1. The van der Waals surface area contributed by atoms with Gasteiger partial charge >= 0.3 is 12.1 Å². The van der Waals surface area contributed by atoms with Crippen LogP contribution in [-0.4, -0.2) is 42.0 Å². The van der Waals surface area contributed by atoms with Crippen molar-refractivity contribution in [1.82, 2.24) is 15.2 Å². The first-order valence-electron chi connectivity index (χ1n) is 10.5. The van der Waals surface area contributed by atoms with Gasteiger partial charge in [-0.3, -0.25) is 0 Å². The largest absolute Gasteiger partial charge is 0.444 e. The monoisotopic (exact) mass is 428 g/mol. The number of carbonyl (C=O) groups excluding carboxylic acids is 2. The summed E-state index contributed by atoms with van der Waals surface area (Å²) in [7, 11) is 0. The molecule has 167 valence electrons. The van der Waals surface area contributed by atoms with Crippen molar-refractivity contribution in [2.45, 2.75) is 52.6 Å². The molecule has 0 spiro atoms. The molecule has 1 radical (unpaired) electrons. The van der Waals surface area contributed by atoms with Crippen LogP contribution in [0.25, 0.3) is 0 Å². The minimum atomic E-state index is -0.556. The van der Waals surface area contributed by atoms with Gasteiger partial charge in [-0.1, -0.05) is 25.1 Å². The highest BCUT2D eigenvalue weighted by Crippen LogP contribution is 2.14. The summed E-state index contributed by atoms with van der Waals surface area (Å²) in [5.41, 5.74) is 3.92. The summed E-state index contributed by atoms with van der Waals surface area (Å²) in [6.07, 6.45) is 6.81. The van der Waals surface area contributed by atoms with Crippen molar-refractivity contribution in [2.24, 2.45) is 0 Å². The van der Waals surface area contributed by atoms with Crippen LogP contribution in [0, 0.1) is 0 Å². The molecule has 1 aliphatic rings. The second-order valence-corrected chi connectivity index (χ2v) is 8.10. The van der Waals surface area contributed by atoms with Crippen molar-refractivity contribution in [2.75, 3.05) is 18.6 Å². The lowest BCUT2D eigenvalue weighted by molar-refractivity contribution is -0.136. The van der Waals surface area contributed by atoms with E-state index in [4.69, 9.17) is 9.57 Å². The topological polar surface area (TPSA) is 94.0 Å². The van der Waals surface area contributed by atoms with E-state index in [1.54, 1.807) is 45.3 Å². The number of nitrogens with one attached hydrogen (secondary N) is 2. The number of amides is 1. The summed E-state index contributed by atoms with van der Waals surface area (Å²) >= 11 is 0. The molecule has 0 unspecified atom stereocenters. The number of hydrogen-bond donors (Lipinski definition) is 2. The molecule has 1 heterocycles. The first-order chi connectivity index (χ1) is 14.8. The van der Waals surface area contributed by atoms with Gasteiger partial charge in [0.25, 0.3) is 6.34 Å². The Labute approximate surface area is 184 Å². The number of nitrogens with zero attached hydrogens (tertiary/aromatic N) is 2. The lowest BCUT2D eigenvalue weighted by Gasteiger charge is -2.19. The minimum Gasteiger partial charge on any atom is -0.444 e. The molecule has 2 N–H and O–H groups in total. The number of aliphatic imine (C=N–C) groups is 1. The predicted molar refractivity (Wildman–Crippen MR) is 121 cm³/mol. The van der Waals surface area contributed by atoms with E-state index in [0.717, 1.165) is 13.0 Å². The fourth-order valence-corrected chi connectivity index (χ4v) is 2.70. The summed E-state index contributed by atoms with van der Waals surface area (Å²) in [5.74, 6) is -0.494. The average molecular weight is 429 g/mol. The van der Waals surface area contributed by atoms with Crippen molar-refractivity contribution >= 4 is 24.1 Å². The highest BCUT2D eigenvalue weighted by atomic mass is 16.7. The maximum Gasteiger partial charge on any atom is 0.407 e. The SMILES string of the molecule is CCCN1C=[N+]C(/C=C(/CCCNC(=O)OC(C)(C)C)C(=O)ONc2ccccc2)=C1. The van der Waals surface area contributed by atoms with E-state index < -0.39 is 17.7 Å². The zero-order valence-corrected chi connectivity index (χ0v) is 18.7. The van der Waals surface area contributed by atoms with E-state index >= 15 is 0 Å². The van der Waals surface area contributed by atoms with Crippen LogP contribution in [0.1, 0.15) is 47.0 Å². The number of hydrogen-bond acceptors (Lipinski definition) is 7. The van der Waals surface area contributed by atoms with E-state index in [-0.39, 0.29) is 0 Å². The normalized spacial score (nSPS) is 13.6. The van der Waals surface area contributed by atoms with Gasteiger partial charge in [-0.05, 0) is 57.2 Å². The molecule has 1 amide bonds. The molecule has 0 saturated carbocycles. The van der Waals surface area contributed by atoms with Crippen LogP contribution in [0.3, 0.4) is 0 Å². The number of rotatable bonds is 10. The average Bonchev–Trinajstić information content (AvgIpc) is 3.15. The van der Waals surface area contributed by atoms with Crippen molar-refractivity contribution in [3.63, 3.8) is 0 Å². The van der Waals surface area contributed by atoms with Gasteiger partial charge in [-0.25, -0.2) is 20.0 Å². The van der Waals surface area contributed by atoms with E-state index in [0.29, 0.717) is 36.3 Å². The zero-order valence-electron chi connectivity index (χ0n) is 18.7. The molecule has 31 heavy (non-hydrogen) atoms. The van der Waals surface area contributed by atoms with E-state index in [1.807, 2.05) is 29.3 Å². The third-order valence-electron chi connectivity index (χ3n) is 4.05. The number of benzene rings is 1. The third-order valence-corrected chi connectivity index (χ3v) is 4.05. The van der Waals surface area contributed by atoms with Gasteiger partial charge in [0, 0.05) is 18.2 Å². The summed E-state index contributed by atoms with van der Waals surface area (Å²) in [5, 5.41) is 2.70. The predicted octanol–water partition coefficient (Wildman–Crippen LogP) is 3.72. The van der Waals surface area contributed by atoms with Crippen molar-refractivity contribution in [3.05, 3.63) is 53.9 Å². The van der Waals surface area contributed by atoms with Crippen LogP contribution in [-0.2, 0) is 14.4 Å². The summed E-state index contributed by atoms with van der Waals surface area (Å²) in [6, 6.07) is 9.16. The Bertz CT molecular complexity index is 826. The lowest BCUT2D eigenvalue weighted by Crippen LogP contribution is -2.33. The van der Waals surface area contributed by atoms with Gasteiger partial charge in [0.05, 0.1) is 12.2 Å². The third kappa shape index (κ3) is 9.37. The van der Waals surface area contributed by atoms with Gasteiger partial charge in [0.2, 0.25) is 5.70 Å². The Kier molecular flexibility index (Phi) is 9.12. The Morgan fingerprint density at radius 1 is 1.19 bits per heavy atom. The number of carbonyl (C=O) groups is 2. The Balaban J connectivity index is 1.96. The maximum atomic E-state index is 12.7. The molecule has 8 heteroatoms. The number of alkyl carbamates (subject to hydrolysis) is 1. The highest BCUT2D eigenvalue weighted by molar-refractivity contribution is 5.89. The molecule has 0 bridgehead atoms. The quantitative estimate of drug-likeness (QED) is 0.335. The molecule has 0 atom stereocenters. The molecule has 8 nitrogen and oxygen atoms in total. The second-order valence-electron chi connectivity index (χ2n) is 8.10. The Morgan fingerprint density at radius 2 is 1.94 bits per heavy atom. The van der Waals surface area contributed by atoms with Crippen LogP contribution < -0.4 is 15.8 Å². The molecule has 1 aliphatic heterocycles. The Morgan fingerprint density at radius 3 is 2.61 bits per heavy atom. The molecule has 0 aromatic heterocycles. The standard InChI is InChI=1S/C23H32N4O4/c1-5-14-27-16-20(25-17-27)15-18(10-9-13-24-22(29)30-23(2,3)4)21(28)31-26-19-11-7-6-8-12-19/h6-8,11-12,15-17,26H,5,9-10,13-14H2,1-4H3,(H,24,29)/q+1/b18-15-. The Hall–Kier alpha value is -3.29. The molecular weight excluding hydrogens is 396 g/mol. The number of para-hydroxylation sites is 1.